The van der Waals surface area contributed by atoms with Crippen LogP contribution in [0.2, 0.25) is 0 Å². The molecule has 1 amide bonds. The third kappa shape index (κ3) is 5.35. The summed E-state index contributed by atoms with van der Waals surface area (Å²) in [5.41, 5.74) is 1.00. The van der Waals surface area contributed by atoms with Crippen LogP contribution >= 0.6 is 0 Å². The van der Waals surface area contributed by atoms with Gasteiger partial charge < -0.3 is 10.4 Å². The fourth-order valence-corrected chi connectivity index (χ4v) is 2.89. The van der Waals surface area contributed by atoms with Crippen molar-refractivity contribution in [3.63, 3.8) is 0 Å². The van der Waals surface area contributed by atoms with Crippen molar-refractivity contribution in [2.45, 2.75) is 32.1 Å². The average molecular weight is 301 g/mol. The highest BCUT2D eigenvalue weighted by Gasteiger charge is 2.25. The van der Waals surface area contributed by atoms with Gasteiger partial charge in [0.05, 0.1) is 5.92 Å². The van der Waals surface area contributed by atoms with Gasteiger partial charge in [-0.2, -0.15) is 0 Å². The van der Waals surface area contributed by atoms with Crippen molar-refractivity contribution in [3.05, 3.63) is 42.0 Å². The van der Waals surface area contributed by atoms with Crippen LogP contribution in [0.25, 0.3) is 6.08 Å². The van der Waals surface area contributed by atoms with Crippen molar-refractivity contribution in [1.29, 1.82) is 0 Å². The number of benzene rings is 1. The Morgan fingerprint density at radius 2 is 1.82 bits per heavy atom. The molecular weight excluding hydrogens is 278 g/mol. The summed E-state index contributed by atoms with van der Waals surface area (Å²) in [6, 6.07) is 9.71. The number of hydrogen-bond donors (Lipinski definition) is 2. The predicted octanol–water partition coefficient (Wildman–Crippen LogP) is 3.10. The molecule has 22 heavy (non-hydrogen) atoms. The fraction of sp³-hybridized carbons (Fsp3) is 0.444. The molecule has 1 saturated carbocycles. The van der Waals surface area contributed by atoms with Gasteiger partial charge in [-0.05, 0) is 49.7 Å². The Balaban J connectivity index is 1.63. The summed E-state index contributed by atoms with van der Waals surface area (Å²) in [5.74, 6) is -0.380. The highest BCUT2D eigenvalue weighted by molar-refractivity contribution is 5.91. The topological polar surface area (TPSA) is 66.4 Å². The van der Waals surface area contributed by atoms with Gasteiger partial charge >= 0.3 is 5.97 Å². The lowest BCUT2D eigenvalue weighted by Gasteiger charge is -2.25. The van der Waals surface area contributed by atoms with Crippen LogP contribution < -0.4 is 5.32 Å². The molecule has 0 atom stereocenters. The van der Waals surface area contributed by atoms with Crippen molar-refractivity contribution in [3.8, 4) is 0 Å². The summed E-state index contributed by atoms with van der Waals surface area (Å²) in [6.45, 7) is 0.653. The Labute approximate surface area is 131 Å². The first-order valence-corrected chi connectivity index (χ1v) is 7.89. The molecule has 0 saturated heterocycles. The molecule has 0 radical (unpaired) electrons. The van der Waals surface area contributed by atoms with E-state index in [1.165, 1.54) is 0 Å². The molecule has 0 aromatic heterocycles. The largest absolute Gasteiger partial charge is 0.481 e. The zero-order valence-electron chi connectivity index (χ0n) is 12.7. The van der Waals surface area contributed by atoms with E-state index in [9.17, 15) is 9.59 Å². The minimum Gasteiger partial charge on any atom is -0.481 e. The van der Waals surface area contributed by atoms with Crippen molar-refractivity contribution >= 4 is 18.0 Å². The van der Waals surface area contributed by atoms with Crippen molar-refractivity contribution in [1.82, 2.24) is 5.32 Å². The fourth-order valence-electron chi connectivity index (χ4n) is 2.89. The minimum absolute atomic E-state index is 0.0805. The molecule has 1 aliphatic carbocycles. The van der Waals surface area contributed by atoms with Gasteiger partial charge in [-0.15, -0.1) is 0 Å². The monoisotopic (exact) mass is 301 g/mol. The van der Waals surface area contributed by atoms with Crippen LogP contribution in [0.15, 0.2) is 36.4 Å². The third-order valence-electron chi connectivity index (χ3n) is 4.27. The van der Waals surface area contributed by atoms with E-state index in [1.54, 1.807) is 12.2 Å². The normalized spacial score (nSPS) is 21.6. The van der Waals surface area contributed by atoms with Crippen LogP contribution in [0.1, 0.15) is 37.7 Å². The molecule has 0 unspecified atom stereocenters. The van der Waals surface area contributed by atoms with E-state index < -0.39 is 5.97 Å². The molecule has 1 aromatic carbocycles. The molecule has 2 N–H and O–H groups in total. The van der Waals surface area contributed by atoms with Gasteiger partial charge in [0, 0.05) is 12.6 Å². The summed E-state index contributed by atoms with van der Waals surface area (Å²) in [7, 11) is 0. The quantitative estimate of drug-likeness (QED) is 0.793. The second-order valence-corrected chi connectivity index (χ2v) is 5.88. The molecule has 0 heterocycles. The number of aliphatic carboxylic acids is 1. The summed E-state index contributed by atoms with van der Waals surface area (Å²) in [4.78, 5) is 22.6. The first-order valence-electron chi connectivity index (χ1n) is 7.89. The number of hydrogen-bond acceptors (Lipinski definition) is 2. The molecule has 1 aliphatic rings. The van der Waals surface area contributed by atoms with E-state index in [1.807, 2.05) is 30.3 Å². The van der Waals surface area contributed by atoms with E-state index in [2.05, 4.69) is 5.32 Å². The molecule has 0 bridgehead atoms. The number of rotatable bonds is 6. The molecule has 4 heteroatoms. The van der Waals surface area contributed by atoms with Crippen molar-refractivity contribution < 1.29 is 14.7 Å². The van der Waals surface area contributed by atoms with Crippen LogP contribution in [-0.2, 0) is 9.59 Å². The standard InChI is InChI=1S/C18H23NO3/c20-17(11-8-14-4-2-1-3-5-14)19-13-12-15-6-9-16(10-7-15)18(21)22/h1-5,8,11,15-16H,6-7,9-10,12-13H2,(H,19,20)(H,21,22)/b11-8+. The van der Waals surface area contributed by atoms with E-state index in [0.717, 1.165) is 37.7 Å². The summed E-state index contributed by atoms with van der Waals surface area (Å²) in [5, 5.41) is 11.9. The molecular formula is C18H23NO3. The van der Waals surface area contributed by atoms with E-state index in [4.69, 9.17) is 5.11 Å². The number of nitrogens with one attached hydrogen (secondary N) is 1. The lowest BCUT2D eigenvalue weighted by atomic mass is 9.80. The lowest BCUT2D eigenvalue weighted by molar-refractivity contribution is -0.143. The molecule has 1 aromatic rings. The molecule has 0 aliphatic heterocycles. The highest BCUT2D eigenvalue weighted by Crippen LogP contribution is 2.30. The number of carbonyl (C=O) groups is 2. The van der Waals surface area contributed by atoms with Gasteiger partial charge in [0.1, 0.15) is 0 Å². The SMILES string of the molecule is O=C(/C=C/c1ccccc1)NCCC1CCC(C(=O)O)CC1. The van der Waals surface area contributed by atoms with Crippen LogP contribution in [0, 0.1) is 11.8 Å². The Bertz CT molecular complexity index is 516. The average Bonchev–Trinajstić information content (AvgIpc) is 2.54. The van der Waals surface area contributed by atoms with Crippen LogP contribution in [0.5, 0.6) is 0 Å². The summed E-state index contributed by atoms with van der Waals surface area (Å²) in [6.07, 6.45) is 7.71. The zero-order valence-corrected chi connectivity index (χ0v) is 12.7. The van der Waals surface area contributed by atoms with E-state index in [-0.39, 0.29) is 11.8 Å². The lowest BCUT2D eigenvalue weighted by Crippen LogP contribution is -2.26. The number of carbonyl (C=O) groups excluding carboxylic acids is 1. The van der Waals surface area contributed by atoms with Gasteiger partial charge in [-0.3, -0.25) is 9.59 Å². The van der Waals surface area contributed by atoms with Crippen LogP contribution in [-0.4, -0.2) is 23.5 Å². The summed E-state index contributed by atoms with van der Waals surface area (Å²) >= 11 is 0. The summed E-state index contributed by atoms with van der Waals surface area (Å²) < 4.78 is 0. The second kappa shape index (κ2) is 8.37. The molecule has 1 fully saturated rings. The number of amides is 1. The maximum absolute atomic E-state index is 11.7. The van der Waals surface area contributed by atoms with E-state index in [0.29, 0.717) is 12.5 Å². The van der Waals surface area contributed by atoms with Gasteiger partial charge in [-0.25, -0.2) is 0 Å². The van der Waals surface area contributed by atoms with E-state index >= 15 is 0 Å². The predicted molar refractivity (Wildman–Crippen MR) is 86.2 cm³/mol. The molecule has 2 rings (SSSR count). The highest BCUT2D eigenvalue weighted by atomic mass is 16.4. The maximum Gasteiger partial charge on any atom is 0.306 e. The Hall–Kier alpha value is -2.10. The maximum atomic E-state index is 11.7. The van der Waals surface area contributed by atoms with Crippen molar-refractivity contribution in [2.75, 3.05) is 6.54 Å². The van der Waals surface area contributed by atoms with Gasteiger partial charge in [-0.1, -0.05) is 30.3 Å². The number of carboxylic acid groups (broad SMARTS) is 1. The van der Waals surface area contributed by atoms with Crippen LogP contribution in [0.3, 0.4) is 0 Å². The first kappa shape index (κ1) is 16.3. The Morgan fingerprint density at radius 3 is 2.45 bits per heavy atom. The zero-order chi connectivity index (χ0) is 15.8. The first-order chi connectivity index (χ1) is 10.6. The molecule has 118 valence electrons. The van der Waals surface area contributed by atoms with Gasteiger partial charge in [0.2, 0.25) is 5.91 Å². The number of carboxylic acids is 1. The smallest absolute Gasteiger partial charge is 0.306 e. The molecule has 4 nitrogen and oxygen atoms in total. The Morgan fingerprint density at radius 1 is 1.14 bits per heavy atom. The second-order valence-electron chi connectivity index (χ2n) is 5.88. The van der Waals surface area contributed by atoms with Crippen molar-refractivity contribution in [2.24, 2.45) is 11.8 Å². The van der Waals surface area contributed by atoms with Gasteiger partial charge in [0.25, 0.3) is 0 Å². The van der Waals surface area contributed by atoms with Crippen LogP contribution in [0.4, 0.5) is 0 Å². The Kier molecular flexibility index (Phi) is 6.19. The third-order valence-corrected chi connectivity index (χ3v) is 4.27. The minimum atomic E-state index is -0.669. The molecule has 0 spiro atoms. The van der Waals surface area contributed by atoms with Gasteiger partial charge in [0.15, 0.2) is 0 Å².